The Hall–Kier alpha value is -1.19. The van der Waals surface area contributed by atoms with E-state index >= 15 is 0 Å². The van der Waals surface area contributed by atoms with Gasteiger partial charge in [-0.05, 0) is 13.3 Å². The number of rotatable bonds is 7. The normalized spacial score (nSPS) is 10.7. The van der Waals surface area contributed by atoms with Gasteiger partial charge in [-0.15, -0.1) is 21.5 Å². The van der Waals surface area contributed by atoms with Crippen LogP contribution in [0.3, 0.4) is 0 Å². The highest BCUT2D eigenvalue weighted by Gasteiger charge is 2.06. The highest BCUT2D eigenvalue weighted by molar-refractivity contribution is 8.01. The van der Waals surface area contributed by atoms with E-state index in [1.54, 1.807) is 11.3 Å². The number of nitrogens with two attached hydrogens (primary N) is 1. The van der Waals surface area contributed by atoms with Crippen molar-refractivity contribution in [2.75, 3.05) is 18.0 Å². The number of thioether (sulfide) groups is 1. The molecule has 9 heteroatoms. The van der Waals surface area contributed by atoms with Gasteiger partial charge in [-0.3, -0.25) is 4.79 Å². The second-order valence-corrected chi connectivity index (χ2v) is 7.21. The molecule has 0 atom stereocenters. The molecule has 6 nitrogen and oxygen atoms in total. The number of hydrogen-bond donors (Lipinski definition) is 2. The first kappa shape index (κ1) is 15.2. The number of nitrogen functional groups attached to an aromatic ring is 1. The molecule has 0 saturated heterocycles. The molecular formula is C11H15N5OS3. The number of amides is 1. The Morgan fingerprint density at radius 2 is 2.35 bits per heavy atom. The van der Waals surface area contributed by atoms with E-state index in [0.29, 0.717) is 17.4 Å². The number of carbonyl (C=O) groups is 1. The lowest BCUT2D eigenvalue weighted by molar-refractivity contribution is -0.118. The van der Waals surface area contributed by atoms with Crippen LogP contribution >= 0.6 is 34.4 Å². The minimum Gasteiger partial charge on any atom is -0.374 e. The highest BCUT2D eigenvalue weighted by Crippen LogP contribution is 2.22. The highest BCUT2D eigenvalue weighted by atomic mass is 32.2. The predicted octanol–water partition coefficient (Wildman–Crippen LogP) is 1.73. The third-order valence-electron chi connectivity index (χ3n) is 2.30. The number of aromatic nitrogens is 3. The Labute approximate surface area is 129 Å². The van der Waals surface area contributed by atoms with Crippen molar-refractivity contribution < 1.29 is 4.79 Å². The summed E-state index contributed by atoms with van der Waals surface area (Å²) in [5, 5.41) is 14.0. The molecule has 0 unspecified atom stereocenters. The van der Waals surface area contributed by atoms with Crippen LogP contribution in [0.4, 0.5) is 5.13 Å². The Bertz CT molecular complexity index is 568. The molecule has 0 saturated carbocycles. The van der Waals surface area contributed by atoms with E-state index in [0.717, 1.165) is 27.9 Å². The van der Waals surface area contributed by atoms with E-state index in [9.17, 15) is 4.79 Å². The van der Waals surface area contributed by atoms with Crippen molar-refractivity contribution in [2.24, 2.45) is 0 Å². The smallest absolute Gasteiger partial charge is 0.230 e. The van der Waals surface area contributed by atoms with Crippen molar-refractivity contribution in [2.45, 2.75) is 24.1 Å². The Balaban J connectivity index is 1.58. The van der Waals surface area contributed by atoms with Crippen molar-refractivity contribution in [3.05, 3.63) is 16.1 Å². The molecule has 1 amide bonds. The minimum atomic E-state index is -0.000842. The van der Waals surface area contributed by atoms with E-state index < -0.39 is 0 Å². The molecule has 2 heterocycles. The maximum Gasteiger partial charge on any atom is 0.230 e. The molecule has 2 aromatic rings. The lowest BCUT2D eigenvalue weighted by Crippen LogP contribution is -2.26. The minimum absolute atomic E-state index is 0.000842. The second kappa shape index (κ2) is 7.55. The van der Waals surface area contributed by atoms with Gasteiger partial charge in [0.1, 0.15) is 0 Å². The van der Waals surface area contributed by atoms with E-state index in [2.05, 4.69) is 20.5 Å². The van der Waals surface area contributed by atoms with Gasteiger partial charge in [-0.25, -0.2) is 4.98 Å². The molecule has 0 aromatic carbocycles. The largest absolute Gasteiger partial charge is 0.374 e. The first-order valence-electron chi connectivity index (χ1n) is 6.03. The van der Waals surface area contributed by atoms with Crippen molar-refractivity contribution in [1.82, 2.24) is 20.5 Å². The summed E-state index contributed by atoms with van der Waals surface area (Å²) in [5.74, 6) is 0.337. The molecule has 3 N–H and O–H groups in total. The van der Waals surface area contributed by atoms with E-state index in [1.165, 1.54) is 23.1 Å². The summed E-state index contributed by atoms with van der Waals surface area (Å²) in [5.41, 5.74) is 6.52. The van der Waals surface area contributed by atoms with E-state index in [4.69, 9.17) is 5.73 Å². The van der Waals surface area contributed by atoms with Crippen LogP contribution in [-0.2, 0) is 11.2 Å². The predicted molar refractivity (Wildman–Crippen MR) is 83.2 cm³/mol. The number of aryl methyl sites for hydroxylation is 2. The summed E-state index contributed by atoms with van der Waals surface area (Å²) >= 11 is 4.30. The molecule has 0 bridgehead atoms. The molecule has 20 heavy (non-hydrogen) atoms. The third kappa shape index (κ3) is 5.06. The van der Waals surface area contributed by atoms with Gasteiger partial charge in [0.15, 0.2) is 4.34 Å². The SMILES string of the molecule is Cc1csc(CCCNC(=O)CSc2nnc(N)s2)n1. The maximum atomic E-state index is 11.6. The average Bonchev–Trinajstić information content (AvgIpc) is 3.01. The first-order chi connectivity index (χ1) is 9.63. The van der Waals surface area contributed by atoms with Crippen LogP contribution in [0, 0.1) is 6.92 Å². The lowest BCUT2D eigenvalue weighted by atomic mass is 10.3. The summed E-state index contributed by atoms with van der Waals surface area (Å²) in [6.45, 7) is 2.65. The molecule has 2 rings (SSSR count). The zero-order valence-electron chi connectivity index (χ0n) is 11.0. The van der Waals surface area contributed by atoms with Crippen molar-refractivity contribution >= 4 is 45.5 Å². The van der Waals surface area contributed by atoms with Gasteiger partial charge in [-0.1, -0.05) is 23.1 Å². The van der Waals surface area contributed by atoms with Gasteiger partial charge in [0.25, 0.3) is 0 Å². The molecule has 0 radical (unpaired) electrons. The van der Waals surface area contributed by atoms with Crippen LogP contribution in [0.25, 0.3) is 0 Å². The van der Waals surface area contributed by atoms with Crippen LogP contribution in [0.1, 0.15) is 17.1 Å². The molecule has 0 aliphatic heterocycles. The van der Waals surface area contributed by atoms with E-state index in [-0.39, 0.29) is 5.91 Å². The number of nitrogens with zero attached hydrogens (tertiary/aromatic N) is 3. The fourth-order valence-corrected chi connectivity index (χ4v) is 3.73. The second-order valence-electron chi connectivity index (χ2n) is 4.03. The summed E-state index contributed by atoms with van der Waals surface area (Å²) in [6, 6.07) is 0. The molecular weight excluding hydrogens is 314 g/mol. The van der Waals surface area contributed by atoms with Crippen LogP contribution in [-0.4, -0.2) is 33.4 Å². The van der Waals surface area contributed by atoms with Crippen LogP contribution in [0.5, 0.6) is 0 Å². The Morgan fingerprint density at radius 3 is 3.00 bits per heavy atom. The van der Waals surface area contributed by atoms with Gasteiger partial charge in [0.05, 0.1) is 10.8 Å². The molecule has 0 spiro atoms. The molecule has 0 aliphatic rings. The molecule has 0 aliphatic carbocycles. The van der Waals surface area contributed by atoms with E-state index in [1.807, 2.05) is 12.3 Å². The van der Waals surface area contributed by atoms with Crippen LogP contribution in [0.2, 0.25) is 0 Å². The molecule has 2 aromatic heterocycles. The van der Waals surface area contributed by atoms with Crippen LogP contribution in [0.15, 0.2) is 9.72 Å². The van der Waals surface area contributed by atoms with Crippen molar-refractivity contribution in [1.29, 1.82) is 0 Å². The fourth-order valence-electron chi connectivity index (χ4n) is 1.44. The summed E-state index contributed by atoms with van der Waals surface area (Å²) in [7, 11) is 0. The fraction of sp³-hybridized carbons (Fsp3) is 0.455. The van der Waals surface area contributed by atoms with Gasteiger partial charge in [-0.2, -0.15) is 0 Å². The molecule has 108 valence electrons. The number of hydrogen-bond acceptors (Lipinski definition) is 8. The monoisotopic (exact) mass is 329 g/mol. The summed E-state index contributed by atoms with van der Waals surface area (Å²) < 4.78 is 0.718. The van der Waals surface area contributed by atoms with Gasteiger partial charge < -0.3 is 11.1 Å². The number of thiazole rings is 1. The summed E-state index contributed by atoms with van der Waals surface area (Å²) in [6.07, 6.45) is 1.80. The Morgan fingerprint density at radius 1 is 1.50 bits per heavy atom. The van der Waals surface area contributed by atoms with Crippen molar-refractivity contribution in [3.8, 4) is 0 Å². The molecule has 0 fully saturated rings. The van der Waals surface area contributed by atoms with Gasteiger partial charge in [0.2, 0.25) is 11.0 Å². The Kier molecular flexibility index (Phi) is 5.74. The maximum absolute atomic E-state index is 11.6. The zero-order chi connectivity index (χ0) is 14.4. The average molecular weight is 329 g/mol. The third-order valence-corrected chi connectivity index (χ3v) is 5.22. The zero-order valence-corrected chi connectivity index (χ0v) is 13.4. The number of carbonyl (C=O) groups excluding carboxylic acids is 1. The topological polar surface area (TPSA) is 93.8 Å². The first-order valence-corrected chi connectivity index (χ1v) is 8.71. The summed E-state index contributed by atoms with van der Waals surface area (Å²) in [4.78, 5) is 16.0. The van der Waals surface area contributed by atoms with Crippen LogP contribution < -0.4 is 11.1 Å². The number of nitrogens with one attached hydrogen (secondary N) is 1. The van der Waals surface area contributed by atoms with Gasteiger partial charge in [0, 0.05) is 24.0 Å². The van der Waals surface area contributed by atoms with Crippen molar-refractivity contribution in [3.63, 3.8) is 0 Å². The quantitative estimate of drug-likeness (QED) is 0.593. The number of anilines is 1. The van der Waals surface area contributed by atoms with Gasteiger partial charge >= 0.3 is 0 Å². The standard InChI is InChI=1S/C11H15N5OS3/c1-7-5-18-9(14-7)3-2-4-13-8(17)6-19-11-16-15-10(12)20-11/h5H,2-4,6H2,1H3,(H2,12,15)(H,13,17). The lowest BCUT2D eigenvalue weighted by Gasteiger charge is -2.02.